The van der Waals surface area contributed by atoms with Gasteiger partial charge in [-0.05, 0) is 42.3 Å². The van der Waals surface area contributed by atoms with Gasteiger partial charge in [0.1, 0.15) is 0 Å². The van der Waals surface area contributed by atoms with Crippen molar-refractivity contribution < 1.29 is 37.3 Å². The summed E-state index contributed by atoms with van der Waals surface area (Å²) in [5, 5.41) is 9.10. The molecule has 4 heterocycles. The molecule has 0 radical (unpaired) electrons. The molecular formula is C21H23F3N2O5S. The number of pyridine rings is 1. The van der Waals surface area contributed by atoms with Crippen molar-refractivity contribution >= 4 is 23.2 Å². The van der Waals surface area contributed by atoms with Crippen LogP contribution in [0.25, 0.3) is 0 Å². The van der Waals surface area contributed by atoms with Crippen LogP contribution < -0.4 is 4.74 Å². The molecule has 0 aromatic carbocycles. The summed E-state index contributed by atoms with van der Waals surface area (Å²) in [7, 11) is 0. The van der Waals surface area contributed by atoms with Gasteiger partial charge in [0.25, 0.3) is 5.91 Å². The Balaban J connectivity index is 0.000000360. The van der Waals surface area contributed by atoms with E-state index in [4.69, 9.17) is 19.4 Å². The second-order valence-corrected chi connectivity index (χ2v) is 8.46. The molecule has 2 aliphatic heterocycles. The first kappa shape index (κ1) is 24.0. The Kier molecular flexibility index (Phi) is 7.73. The molecular weight excluding hydrogens is 449 g/mol. The van der Waals surface area contributed by atoms with Crippen LogP contribution in [0.4, 0.5) is 13.2 Å². The minimum atomic E-state index is -5.08. The first-order chi connectivity index (χ1) is 15.2. The number of rotatable bonds is 5. The van der Waals surface area contributed by atoms with Crippen molar-refractivity contribution in [2.75, 3.05) is 26.3 Å². The molecule has 0 spiro atoms. The van der Waals surface area contributed by atoms with Crippen molar-refractivity contribution in [2.45, 2.75) is 25.6 Å². The monoisotopic (exact) mass is 472 g/mol. The summed E-state index contributed by atoms with van der Waals surface area (Å²) in [6, 6.07) is 7.67. The van der Waals surface area contributed by atoms with Gasteiger partial charge in [-0.1, -0.05) is 6.07 Å². The third kappa shape index (κ3) is 5.98. The van der Waals surface area contributed by atoms with Crippen molar-refractivity contribution in [3.05, 3.63) is 46.3 Å². The zero-order chi connectivity index (χ0) is 23.3. The number of aryl methyl sites for hydroxylation is 1. The van der Waals surface area contributed by atoms with Gasteiger partial charge < -0.3 is 19.5 Å². The number of hydrogen-bond acceptors (Lipinski definition) is 6. The molecule has 1 amide bonds. The summed E-state index contributed by atoms with van der Waals surface area (Å²) in [4.78, 5) is 28.6. The van der Waals surface area contributed by atoms with Gasteiger partial charge in [-0.25, -0.2) is 9.78 Å². The maximum atomic E-state index is 12.7. The Morgan fingerprint density at radius 3 is 2.66 bits per heavy atom. The van der Waals surface area contributed by atoms with Crippen LogP contribution in [-0.2, 0) is 9.53 Å². The molecule has 2 fully saturated rings. The van der Waals surface area contributed by atoms with E-state index in [0.29, 0.717) is 30.9 Å². The second kappa shape index (κ2) is 10.3. The number of thiophene rings is 1. The van der Waals surface area contributed by atoms with E-state index >= 15 is 0 Å². The van der Waals surface area contributed by atoms with E-state index in [1.165, 1.54) is 11.3 Å². The number of ether oxygens (including phenoxy) is 2. The van der Waals surface area contributed by atoms with Crippen molar-refractivity contribution in [2.24, 2.45) is 11.8 Å². The number of nitrogens with zero attached hydrogens (tertiary/aromatic N) is 2. The average Bonchev–Trinajstić information content (AvgIpc) is 3.45. The number of carboxylic acids is 1. The van der Waals surface area contributed by atoms with Gasteiger partial charge in [0.2, 0.25) is 5.88 Å². The maximum absolute atomic E-state index is 12.7. The van der Waals surface area contributed by atoms with Gasteiger partial charge in [0.05, 0.1) is 24.2 Å². The molecule has 2 aromatic rings. The number of carbonyl (C=O) groups excluding carboxylic acids is 1. The van der Waals surface area contributed by atoms with Crippen LogP contribution in [-0.4, -0.2) is 65.5 Å². The highest BCUT2D eigenvalue weighted by Crippen LogP contribution is 2.36. The molecule has 0 aliphatic carbocycles. The molecule has 1 N–H and O–H groups in total. The number of fused-ring (bicyclic) bond motifs is 1. The van der Waals surface area contributed by atoms with E-state index < -0.39 is 12.1 Å². The molecule has 3 atom stereocenters. The van der Waals surface area contributed by atoms with Gasteiger partial charge in [-0.2, -0.15) is 13.2 Å². The fourth-order valence-corrected chi connectivity index (χ4v) is 4.64. The van der Waals surface area contributed by atoms with E-state index in [2.05, 4.69) is 4.98 Å². The summed E-state index contributed by atoms with van der Waals surface area (Å²) in [6.45, 7) is 4.88. The fourth-order valence-electron chi connectivity index (χ4n) is 3.74. The van der Waals surface area contributed by atoms with Crippen LogP contribution in [0.2, 0.25) is 0 Å². The highest BCUT2D eigenvalue weighted by molar-refractivity contribution is 7.12. The molecule has 0 bridgehead atoms. The number of carboxylic acid groups (broad SMARTS) is 1. The number of likely N-dealkylation sites (tertiary alicyclic amines) is 1. The third-order valence-corrected chi connectivity index (χ3v) is 6.41. The predicted molar refractivity (Wildman–Crippen MR) is 110 cm³/mol. The summed E-state index contributed by atoms with van der Waals surface area (Å²) in [6.07, 6.45) is -2.25. The summed E-state index contributed by atoms with van der Waals surface area (Å²) >= 11 is 1.53. The van der Waals surface area contributed by atoms with Crippen LogP contribution in [0.1, 0.15) is 21.7 Å². The molecule has 11 heteroatoms. The normalized spacial score (nSPS) is 22.1. The van der Waals surface area contributed by atoms with Gasteiger partial charge in [-0.3, -0.25) is 4.79 Å². The average molecular weight is 472 g/mol. The smallest absolute Gasteiger partial charge is 0.478 e. The fraction of sp³-hybridized carbons (Fsp3) is 0.476. The highest BCUT2D eigenvalue weighted by atomic mass is 32.1. The standard InChI is InChI=1S/C19H22N2O3S.C2HF3O2/c1-13-6-9-25-18(13)19(22)21-10-15-14(12-24-16(15)11-21)5-8-23-17-4-2-3-7-20-17;3-2(4,5)1(6)7/h2-4,6-7,9,14-16H,5,8,10-12H2,1H3;(H,6,7)/t14-,15-,16-;/m0./s1. The lowest BCUT2D eigenvalue weighted by molar-refractivity contribution is -0.192. The molecule has 174 valence electrons. The summed E-state index contributed by atoms with van der Waals surface area (Å²) in [5.41, 5.74) is 1.06. The number of aromatic nitrogens is 1. The Hall–Kier alpha value is -2.66. The van der Waals surface area contributed by atoms with Crippen LogP contribution in [0.3, 0.4) is 0 Å². The zero-order valence-electron chi connectivity index (χ0n) is 17.2. The Morgan fingerprint density at radius 1 is 1.31 bits per heavy atom. The van der Waals surface area contributed by atoms with Gasteiger partial charge in [-0.15, -0.1) is 11.3 Å². The van der Waals surface area contributed by atoms with Crippen molar-refractivity contribution in [1.82, 2.24) is 9.88 Å². The van der Waals surface area contributed by atoms with Crippen LogP contribution in [0.15, 0.2) is 35.8 Å². The number of hydrogen-bond donors (Lipinski definition) is 1. The molecule has 0 saturated carbocycles. The summed E-state index contributed by atoms with van der Waals surface area (Å²) in [5.74, 6) is -1.09. The van der Waals surface area contributed by atoms with Crippen molar-refractivity contribution in [3.8, 4) is 5.88 Å². The molecule has 4 rings (SSSR count). The van der Waals surface area contributed by atoms with E-state index in [1.807, 2.05) is 41.5 Å². The number of alkyl halides is 3. The molecule has 0 unspecified atom stereocenters. The Morgan fingerprint density at radius 2 is 2.06 bits per heavy atom. The van der Waals surface area contributed by atoms with Crippen molar-refractivity contribution in [3.63, 3.8) is 0 Å². The lowest BCUT2D eigenvalue weighted by Crippen LogP contribution is -2.31. The third-order valence-electron chi connectivity index (χ3n) is 5.40. The van der Waals surface area contributed by atoms with Gasteiger partial charge in [0.15, 0.2) is 0 Å². The predicted octanol–water partition coefficient (Wildman–Crippen LogP) is 3.64. The zero-order valence-corrected chi connectivity index (χ0v) is 18.1. The SMILES string of the molecule is Cc1ccsc1C(=O)N1C[C@H]2[C@@H](CCOc3ccccn3)CO[C@H]2C1.O=C(O)C(F)(F)F. The van der Waals surface area contributed by atoms with E-state index in [0.717, 1.165) is 30.0 Å². The van der Waals surface area contributed by atoms with Crippen LogP contribution in [0.5, 0.6) is 5.88 Å². The van der Waals surface area contributed by atoms with Crippen molar-refractivity contribution in [1.29, 1.82) is 0 Å². The Labute approximate surface area is 186 Å². The topological polar surface area (TPSA) is 89.0 Å². The highest BCUT2D eigenvalue weighted by Gasteiger charge is 2.45. The quantitative estimate of drug-likeness (QED) is 0.715. The molecule has 7 nitrogen and oxygen atoms in total. The molecule has 32 heavy (non-hydrogen) atoms. The lowest BCUT2D eigenvalue weighted by atomic mass is 9.91. The van der Waals surface area contributed by atoms with E-state index in [-0.39, 0.29) is 12.0 Å². The van der Waals surface area contributed by atoms with E-state index in [1.54, 1.807) is 6.20 Å². The summed E-state index contributed by atoms with van der Waals surface area (Å²) < 4.78 is 43.4. The van der Waals surface area contributed by atoms with E-state index in [9.17, 15) is 18.0 Å². The van der Waals surface area contributed by atoms with Gasteiger partial charge >= 0.3 is 12.1 Å². The number of halogens is 3. The molecule has 2 aromatic heterocycles. The number of carbonyl (C=O) groups is 2. The maximum Gasteiger partial charge on any atom is 0.490 e. The largest absolute Gasteiger partial charge is 0.490 e. The van der Waals surface area contributed by atoms with Gasteiger partial charge in [0, 0.05) is 31.3 Å². The lowest BCUT2D eigenvalue weighted by Gasteiger charge is -2.19. The number of aliphatic carboxylic acids is 1. The Bertz CT molecular complexity index is 922. The number of amides is 1. The molecule has 2 saturated heterocycles. The molecule has 2 aliphatic rings. The first-order valence-corrected chi connectivity index (χ1v) is 10.8. The second-order valence-electron chi connectivity index (χ2n) is 7.55. The first-order valence-electron chi connectivity index (χ1n) is 9.95. The minimum absolute atomic E-state index is 0.147. The minimum Gasteiger partial charge on any atom is -0.478 e. The van der Waals surface area contributed by atoms with Crippen LogP contribution in [0, 0.1) is 18.8 Å². The van der Waals surface area contributed by atoms with Crippen LogP contribution >= 0.6 is 11.3 Å².